The van der Waals surface area contributed by atoms with E-state index in [1.165, 1.54) is 0 Å². The number of aromatic nitrogens is 4. The number of fused-ring (bicyclic) bond motifs is 2. The van der Waals surface area contributed by atoms with Crippen molar-refractivity contribution in [2.75, 3.05) is 5.32 Å². The quantitative estimate of drug-likeness (QED) is 0.358. The van der Waals surface area contributed by atoms with Crippen molar-refractivity contribution in [3.05, 3.63) is 77.4 Å². The summed E-state index contributed by atoms with van der Waals surface area (Å²) in [5.74, 6) is 1.39. The molecule has 5 aromatic rings. The largest absolute Gasteiger partial charge is 0.340 e. The van der Waals surface area contributed by atoms with Crippen molar-refractivity contribution in [2.45, 2.75) is 6.92 Å². The molecule has 29 heavy (non-hydrogen) atoms. The van der Waals surface area contributed by atoms with Crippen LogP contribution in [0.25, 0.3) is 33.2 Å². The molecular formula is C22H17Cl2N5. The van der Waals surface area contributed by atoms with E-state index in [4.69, 9.17) is 21.6 Å². The fourth-order valence-electron chi connectivity index (χ4n) is 3.27. The van der Waals surface area contributed by atoms with Gasteiger partial charge in [-0.3, -0.25) is 5.10 Å². The summed E-state index contributed by atoms with van der Waals surface area (Å²) in [7, 11) is 0. The summed E-state index contributed by atoms with van der Waals surface area (Å²) in [4.78, 5) is 9.56. The maximum atomic E-state index is 6.22. The molecule has 0 aliphatic heterocycles. The minimum atomic E-state index is 0. The number of nitrogens with zero attached hydrogens (tertiary/aromatic N) is 3. The van der Waals surface area contributed by atoms with Gasteiger partial charge in [0.25, 0.3) is 0 Å². The number of aromatic amines is 1. The summed E-state index contributed by atoms with van der Waals surface area (Å²) in [5, 5.41) is 13.1. The zero-order chi connectivity index (χ0) is 19.1. The maximum absolute atomic E-state index is 6.22. The molecule has 2 N–H and O–H groups in total. The van der Waals surface area contributed by atoms with E-state index in [0.29, 0.717) is 10.8 Å². The standard InChI is InChI=1S/C22H16ClN5.ClH/c1-13-3-2-4-14(9-13)21-26-20-11-16(23)5-7-18(20)22(27-21)25-17-6-8-19-15(10-17)12-24-28-19;/h2-12H,1H3,(H,24,28)(H,25,26,27);1H. The number of halogens is 2. The highest BCUT2D eigenvalue weighted by atomic mass is 35.5. The number of benzene rings is 3. The van der Waals surface area contributed by atoms with Crippen LogP contribution in [0.2, 0.25) is 5.02 Å². The Balaban J connectivity index is 0.00000205. The molecule has 2 aromatic heterocycles. The Hall–Kier alpha value is -3.15. The topological polar surface area (TPSA) is 66.5 Å². The molecule has 3 aromatic carbocycles. The molecule has 2 heterocycles. The molecule has 0 aliphatic rings. The fraction of sp³-hybridized carbons (Fsp3) is 0.0455. The van der Waals surface area contributed by atoms with Crippen molar-refractivity contribution in [2.24, 2.45) is 0 Å². The number of aryl methyl sites for hydroxylation is 1. The van der Waals surface area contributed by atoms with Gasteiger partial charge in [-0.2, -0.15) is 5.10 Å². The van der Waals surface area contributed by atoms with Crippen LogP contribution in [0.5, 0.6) is 0 Å². The summed E-state index contributed by atoms with van der Waals surface area (Å²) in [6.07, 6.45) is 1.80. The Morgan fingerprint density at radius 3 is 2.72 bits per heavy atom. The van der Waals surface area contributed by atoms with Gasteiger partial charge in [0, 0.05) is 27.0 Å². The van der Waals surface area contributed by atoms with E-state index in [1.807, 2.05) is 48.5 Å². The highest BCUT2D eigenvalue weighted by molar-refractivity contribution is 6.31. The number of rotatable bonds is 3. The van der Waals surface area contributed by atoms with Crippen LogP contribution in [0.15, 0.2) is 66.9 Å². The second-order valence-corrected chi connectivity index (χ2v) is 7.16. The number of nitrogens with one attached hydrogen (secondary N) is 2. The molecule has 5 rings (SSSR count). The van der Waals surface area contributed by atoms with Crippen molar-refractivity contribution >= 4 is 57.3 Å². The summed E-state index contributed by atoms with van der Waals surface area (Å²) < 4.78 is 0. The van der Waals surface area contributed by atoms with E-state index >= 15 is 0 Å². The van der Waals surface area contributed by atoms with Crippen LogP contribution < -0.4 is 5.32 Å². The van der Waals surface area contributed by atoms with Gasteiger partial charge in [0.05, 0.1) is 17.2 Å². The van der Waals surface area contributed by atoms with Crippen LogP contribution in [0.1, 0.15) is 5.56 Å². The lowest BCUT2D eigenvalue weighted by Gasteiger charge is -2.12. The van der Waals surface area contributed by atoms with E-state index in [9.17, 15) is 0 Å². The molecular weight excluding hydrogens is 405 g/mol. The maximum Gasteiger partial charge on any atom is 0.162 e. The zero-order valence-corrected chi connectivity index (χ0v) is 17.1. The monoisotopic (exact) mass is 421 g/mol. The van der Waals surface area contributed by atoms with Crippen molar-refractivity contribution in [1.82, 2.24) is 20.2 Å². The third kappa shape index (κ3) is 3.75. The lowest BCUT2D eigenvalue weighted by Crippen LogP contribution is -1.99. The SMILES string of the molecule is Cc1cccc(-c2nc(Nc3ccc4[nH]ncc4c3)c3ccc(Cl)cc3n2)c1.Cl. The molecule has 0 bridgehead atoms. The van der Waals surface area contributed by atoms with Crippen molar-refractivity contribution in [3.8, 4) is 11.4 Å². The first-order chi connectivity index (χ1) is 13.7. The average Bonchev–Trinajstić information content (AvgIpc) is 3.15. The molecule has 7 heteroatoms. The molecule has 0 fully saturated rings. The van der Waals surface area contributed by atoms with Crippen molar-refractivity contribution in [3.63, 3.8) is 0 Å². The molecule has 0 saturated carbocycles. The minimum Gasteiger partial charge on any atom is -0.340 e. The summed E-state index contributed by atoms with van der Waals surface area (Å²) in [6.45, 7) is 2.06. The molecule has 144 valence electrons. The first-order valence-electron chi connectivity index (χ1n) is 8.90. The molecule has 5 nitrogen and oxygen atoms in total. The van der Waals surface area contributed by atoms with Gasteiger partial charge in [-0.05, 0) is 49.4 Å². The number of H-pyrrole nitrogens is 1. The third-order valence-electron chi connectivity index (χ3n) is 4.64. The fourth-order valence-corrected chi connectivity index (χ4v) is 3.43. The Morgan fingerprint density at radius 2 is 1.86 bits per heavy atom. The van der Waals surface area contributed by atoms with Gasteiger partial charge in [-0.25, -0.2) is 9.97 Å². The van der Waals surface area contributed by atoms with E-state index in [1.54, 1.807) is 6.20 Å². The third-order valence-corrected chi connectivity index (χ3v) is 4.87. The molecule has 0 atom stereocenters. The van der Waals surface area contributed by atoms with E-state index in [2.05, 4.69) is 34.6 Å². The van der Waals surface area contributed by atoms with Crippen LogP contribution in [-0.2, 0) is 0 Å². The van der Waals surface area contributed by atoms with E-state index in [0.717, 1.165) is 44.4 Å². The van der Waals surface area contributed by atoms with Crippen LogP contribution in [0.3, 0.4) is 0 Å². The molecule has 0 aliphatic carbocycles. The van der Waals surface area contributed by atoms with Crippen LogP contribution in [0.4, 0.5) is 11.5 Å². The first kappa shape index (κ1) is 19.2. The van der Waals surface area contributed by atoms with Crippen LogP contribution in [-0.4, -0.2) is 20.2 Å². The Morgan fingerprint density at radius 1 is 0.966 bits per heavy atom. The number of anilines is 2. The van der Waals surface area contributed by atoms with Crippen molar-refractivity contribution < 1.29 is 0 Å². The molecule has 0 unspecified atom stereocenters. The van der Waals surface area contributed by atoms with Crippen LogP contribution >= 0.6 is 24.0 Å². The van der Waals surface area contributed by atoms with E-state index < -0.39 is 0 Å². The van der Waals surface area contributed by atoms with Crippen molar-refractivity contribution in [1.29, 1.82) is 0 Å². The Bertz CT molecular complexity index is 1330. The number of hydrogen-bond acceptors (Lipinski definition) is 4. The second-order valence-electron chi connectivity index (χ2n) is 6.72. The van der Waals surface area contributed by atoms with Gasteiger partial charge in [-0.15, -0.1) is 12.4 Å². The lowest BCUT2D eigenvalue weighted by molar-refractivity contribution is 1.12. The highest BCUT2D eigenvalue weighted by Gasteiger charge is 2.11. The van der Waals surface area contributed by atoms with E-state index in [-0.39, 0.29) is 12.4 Å². The molecule has 0 amide bonds. The van der Waals surface area contributed by atoms with Gasteiger partial charge >= 0.3 is 0 Å². The molecule has 0 saturated heterocycles. The molecule has 0 radical (unpaired) electrons. The van der Waals surface area contributed by atoms with Gasteiger partial charge in [0.1, 0.15) is 5.82 Å². The lowest BCUT2D eigenvalue weighted by atomic mass is 10.1. The summed E-state index contributed by atoms with van der Waals surface area (Å²) in [6, 6.07) is 19.8. The minimum absolute atomic E-state index is 0. The van der Waals surface area contributed by atoms with Gasteiger partial charge in [0.2, 0.25) is 0 Å². The van der Waals surface area contributed by atoms with Gasteiger partial charge in [-0.1, -0.05) is 35.4 Å². The van der Waals surface area contributed by atoms with Gasteiger partial charge < -0.3 is 5.32 Å². The Kier molecular flexibility index (Phi) is 5.09. The highest BCUT2D eigenvalue weighted by Crippen LogP contribution is 2.30. The molecule has 0 spiro atoms. The summed E-state index contributed by atoms with van der Waals surface area (Å²) >= 11 is 6.22. The summed E-state index contributed by atoms with van der Waals surface area (Å²) in [5.41, 5.74) is 4.85. The zero-order valence-electron chi connectivity index (χ0n) is 15.5. The van der Waals surface area contributed by atoms with Crippen LogP contribution in [0, 0.1) is 6.92 Å². The smallest absolute Gasteiger partial charge is 0.162 e. The number of hydrogen-bond donors (Lipinski definition) is 2. The predicted octanol–water partition coefficient (Wildman–Crippen LogP) is 6.30. The first-order valence-corrected chi connectivity index (χ1v) is 9.28. The average molecular weight is 422 g/mol. The normalized spacial score (nSPS) is 10.8. The predicted molar refractivity (Wildman–Crippen MR) is 121 cm³/mol. The Labute approximate surface area is 178 Å². The second kappa shape index (κ2) is 7.70. The van der Waals surface area contributed by atoms with Gasteiger partial charge in [0.15, 0.2) is 5.82 Å².